The Bertz CT molecular complexity index is 59.8. The van der Waals surface area contributed by atoms with Gasteiger partial charge in [-0.15, -0.1) is 0 Å². The Hall–Kier alpha value is 0.370. The summed E-state index contributed by atoms with van der Waals surface area (Å²) in [4.78, 5) is 10.0. The van der Waals surface area contributed by atoms with Crippen LogP contribution in [0.4, 0.5) is 4.79 Å². The molecule has 0 aliphatic rings. The molecule has 0 heterocycles. The van der Waals surface area contributed by atoms with Crippen LogP contribution in [0.2, 0.25) is 0 Å². The molecule has 6 heavy (non-hydrogen) atoms. The van der Waals surface area contributed by atoms with Crippen molar-refractivity contribution in [2.75, 3.05) is 12.5 Å². The molecule has 0 atom stereocenters. The summed E-state index contributed by atoms with van der Waals surface area (Å²) < 4.78 is -0.0185. The van der Waals surface area contributed by atoms with E-state index < -0.39 is 0 Å². The summed E-state index contributed by atoms with van der Waals surface area (Å²) in [6.45, 7) is 0. The standard InChI is InChI=1S/C3H6OS2/c1-6(2)3(4)5/h1-2H3/p+1. The molecular weight excluding hydrogens is 116 g/mol. The van der Waals surface area contributed by atoms with Crippen LogP contribution in [-0.2, 0) is 10.9 Å². The van der Waals surface area contributed by atoms with Gasteiger partial charge in [-0.2, -0.15) is 0 Å². The molecule has 0 radical (unpaired) electrons. The fraction of sp³-hybridized carbons (Fsp3) is 0.667. The number of carbonyl (C=O) groups is 1. The zero-order chi connectivity index (χ0) is 5.15. The lowest BCUT2D eigenvalue weighted by Gasteiger charge is -1.78. The summed E-state index contributed by atoms with van der Waals surface area (Å²) in [6.07, 6.45) is 3.69. The highest BCUT2D eigenvalue weighted by Crippen LogP contribution is 1.91. The van der Waals surface area contributed by atoms with E-state index in [0.717, 1.165) is 0 Å². The van der Waals surface area contributed by atoms with E-state index in [1.807, 2.05) is 12.5 Å². The third-order valence-electron chi connectivity index (χ3n) is 0.349. The van der Waals surface area contributed by atoms with E-state index in [0.29, 0.717) is 0 Å². The third kappa shape index (κ3) is 2.60. The van der Waals surface area contributed by atoms with Gasteiger partial charge in [-0.1, -0.05) is 0 Å². The topological polar surface area (TPSA) is 17.1 Å². The van der Waals surface area contributed by atoms with E-state index in [1.165, 1.54) is 0 Å². The van der Waals surface area contributed by atoms with E-state index in [1.54, 1.807) is 0 Å². The van der Waals surface area contributed by atoms with Crippen molar-refractivity contribution in [3.05, 3.63) is 0 Å². The molecular formula is C3H7OS2+. The minimum atomic E-state index is -0.142. The Morgan fingerprint density at radius 3 is 1.83 bits per heavy atom. The molecule has 0 rings (SSSR count). The van der Waals surface area contributed by atoms with Crippen molar-refractivity contribution in [2.45, 2.75) is 0 Å². The lowest BCUT2D eigenvalue weighted by atomic mass is 11.8. The molecule has 0 amide bonds. The van der Waals surface area contributed by atoms with Crippen molar-refractivity contribution in [1.29, 1.82) is 0 Å². The Balaban J connectivity index is 3.26. The van der Waals surface area contributed by atoms with E-state index in [9.17, 15) is 4.79 Å². The van der Waals surface area contributed by atoms with Gasteiger partial charge in [-0.05, 0) is 12.6 Å². The zero-order valence-electron chi connectivity index (χ0n) is 3.76. The molecule has 0 aromatic carbocycles. The van der Waals surface area contributed by atoms with E-state index in [2.05, 4.69) is 12.6 Å². The molecule has 0 fully saturated rings. The molecule has 1 nitrogen and oxygen atoms in total. The maximum absolute atomic E-state index is 10.0. The quantitative estimate of drug-likeness (QED) is 0.374. The second-order valence-electron chi connectivity index (χ2n) is 1.08. The zero-order valence-corrected chi connectivity index (χ0v) is 5.47. The third-order valence-corrected chi connectivity index (χ3v) is 2.14. The molecule has 36 valence electrons. The van der Waals surface area contributed by atoms with Gasteiger partial charge in [0.1, 0.15) is 12.5 Å². The van der Waals surface area contributed by atoms with Crippen molar-refractivity contribution < 1.29 is 4.79 Å². The summed E-state index contributed by atoms with van der Waals surface area (Å²) in [5, 5.41) is 0. The van der Waals surface area contributed by atoms with Gasteiger partial charge in [0.05, 0.1) is 10.9 Å². The van der Waals surface area contributed by atoms with Gasteiger partial charge in [0.25, 0.3) is 0 Å². The number of hydrogen-bond donors (Lipinski definition) is 1. The first-order valence-electron chi connectivity index (χ1n) is 1.45. The number of hydrogen-bond acceptors (Lipinski definition) is 1. The summed E-state index contributed by atoms with van der Waals surface area (Å²) in [5.41, 5.74) is 0. The Morgan fingerprint density at radius 1 is 1.67 bits per heavy atom. The van der Waals surface area contributed by atoms with Crippen LogP contribution < -0.4 is 0 Å². The smallest absolute Gasteiger partial charge is 0.225 e. The van der Waals surface area contributed by atoms with Crippen molar-refractivity contribution in [1.82, 2.24) is 0 Å². The van der Waals surface area contributed by atoms with Gasteiger partial charge in [0.2, 0.25) is 0 Å². The highest BCUT2D eigenvalue weighted by atomic mass is 32.2. The highest BCUT2D eigenvalue weighted by molar-refractivity contribution is 8.29. The molecule has 0 spiro atoms. The van der Waals surface area contributed by atoms with Crippen LogP contribution in [-0.4, -0.2) is 17.0 Å². The Morgan fingerprint density at radius 2 is 1.83 bits per heavy atom. The normalized spacial score (nSPS) is 9.33. The van der Waals surface area contributed by atoms with E-state index >= 15 is 0 Å². The molecule has 3 heteroatoms. The largest absolute Gasteiger partial charge is 0.386 e. The summed E-state index contributed by atoms with van der Waals surface area (Å²) in [5.74, 6) is 0. The van der Waals surface area contributed by atoms with Crippen LogP contribution >= 0.6 is 12.6 Å². The van der Waals surface area contributed by atoms with Crippen molar-refractivity contribution in [3.63, 3.8) is 0 Å². The van der Waals surface area contributed by atoms with Gasteiger partial charge >= 0.3 is 4.45 Å². The number of thiol groups is 1. The summed E-state index contributed by atoms with van der Waals surface area (Å²) in [7, 11) is -0.142. The fourth-order valence-corrected chi connectivity index (χ4v) is 0. The predicted octanol–water partition coefficient (Wildman–Crippen LogP) is 0.914. The molecule has 0 saturated carbocycles. The molecule has 0 bridgehead atoms. The van der Waals surface area contributed by atoms with Gasteiger partial charge in [0, 0.05) is 0 Å². The van der Waals surface area contributed by atoms with Crippen LogP contribution in [0.3, 0.4) is 0 Å². The van der Waals surface area contributed by atoms with Crippen LogP contribution in [0.5, 0.6) is 0 Å². The van der Waals surface area contributed by atoms with Crippen molar-refractivity contribution in [2.24, 2.45) is 0 Å². The minimum absolute atomic E-state index is 0.0185. The second kappa shape index (κ2) is 2.53. The molecule has 0 aromatic heterocycles. The first kappa shape index (κ1) is 6.37. The van der Waals surface area contributed by atoms with Crippen LogP contribution in [0.25, 0.3) is 0 Å². The fourth-order valence-electron chi connectivity index (χ4n) is 0. The lowest BCUT2D eigenvalue weighted by Crippen LogP contribution is -2.00. The van der Waals surface area contributed by atoms with Crippen LogP contribution in [0, 0.1) is 0 Å². The first-order valence-corrected chi connectivity index (χ1v) is 3.94. The monoisotopic (exact) mass is 123 g/mol. The van der Waals surface area contributed by atoms with Gasteiger partial charge < -0.3 is 0 Å². The summed E-state index contributed by atoms with van der Waals surface area (Å²) in [6, 6.07) is 0. The van der Waals surface area contributed by atoms with Gasteiger partial charge in [0.15, 0.2) is 0 Å². The van der Waals surface area contributed by atoms with Crippen molar-refractivity contribution >= 4 is 28.0 Å². The molecule has 0 saturated heterocycles. The van der Waals surface area contributed by atoms with Gasteiger partial charge in [-0.25, -0.2) is 4.79 Å². The molecule has 0 aromatic rings. The summed E-state index contributed by atoms with van der Waals surface area (Å²) >= 11 is 3.57. The van der Waals surface area contributed by atoms with E-state index in [-0.39, 0.29) is 15.3 Å². The van der Waals surface area contributed by atoms with Crippen molar-refractivity contribution in [3.8, 4) is 0 Å². The molecule has 0 unspecified atom stereocenters. The maximum atomic E-state index is 10.0. The maximum Gasteiger partial charge on any atom is 0.386 e. The van der Waals surface area contributed by atoms with E-state index in [4.69, 9.17) is 0 Å². The molecule has 0 N–H and O–H groups in total. The predicted molar refractivity (Wildman–Crippen MR) is 33.6 cm³/mol. The Labute approximate surface area is 45.9 Å². The molecule has 0 aliphatic heterocycles. The number of rotatable bonds is 0. The average molecular weight is 123 g/mol. The lowest BCUT2D eigenvalue weighted by molar-refractivity contribution is 0.276. The first-order chi connectivity index (χ1) is 2.64. The van der Waals surface area contributed by atoms with Crippen LogP contribution in [0.15, 0.2) is 0 Å². The van der Waals surface area contributed by atoms with Crippen LogP contribution in [0.1, 0.15) is 0 Å². The number of carbonyl (C=O) groups excluding carboxylic acids is 1. The van der Waals surface area contributed by atoms with Gasteiger partial charge in [-0.3, -0.25) is 0 Å². The SMILES string of the molecule is C[S+](C)C(=O)S. The molecule has 0 aliphatic carbocycles. The second-order valence-corrected chi connectivity index (χ2v) is 3.79. The average Bonchev–Trinajstić information content (AvgIpc) is 1.36. The Kier molecular flexibility index (Phi) is 2.68. The minimum Gasteiger partial charge on any atom is -0.225 e. The highest BCUT2D eigenvalue weighted by Gasteiger charge is 2.08.